The Morgan fingerprint density at radius 2 is 2.26 bits per heavy atom. The maximum absolute atomic E-state index is 12.0. The van der Waals surface area contributed by atoms with E-state index < -0.39 is 0 Å². The van der Waals surface area contributed by atoms with Gasteiger partial charge >= 0.3 is 0 Å². The predicted molar refractivity (Wildman–Crippen MR) is 72.3 cm³/mol. The molecule has 2 aromatic rings. The fourth-order valence-electron chi connectivity index (χ4n) is 2.04. The van der Waals surface area contributed by atoms with E-state index in [1.165, 1.54) is 0 Å². The molecule has 1 atom stereocenters. The van der Waals surface area contributed by atoms with Crippen molar-refractivity contribution < 1.29 is 4.79 Å². The number of pyridine rings is 1. The summed E-state index contributed by atoms with van der Waals surface area (Å²) in [6.07, 6.45) is 6.34. The summed E-state index contributed by atoms with van der Waals surface area (Å²) in [6.45, 7) is 2.04. The Morgan fingerprint density at radius 3 is 2.84 bits per heavy atom. The molecule has 0 saturated carbocycles. The van der Waals surface area contributed by atoms with Gasteiger partial charge in [0.25, 0.3) is 0 Å². The molecule has 5 heteroatoms. The highest BCUT2D eigenvalue weighted by molar-refractivity contribution is 5.78. The van der Waals surface area contributed by atoms with Gasteiger partial charge in [-0.05, 0) is 24.1 Å². The maximum atomic E-state index is 12.0. The van der Waals surface area contributed by atoms with Gasteiger partial charge in [-0.25, -0.2) is 0 Å². The van der Waals surface area contributed by atoms with Crippen LogP contribution in [0.2, 0.25) is 0 Å². The van der Waals surface area contributed by atoms with Crippen LogP contribution >= 0.6 is 0 Å². The lowest BCUT2D eigenvalue weighted by Crippen LogP contribution is -2.30. The summed E-state index contributed by atoms with van der Waals surface area (Å²) >= 11 is 0. The van der Waals surface area contributed by atoms with E-state index in [1.54, 1.807) is 23.3 Å². The van der Waals surface area contributed by atoms with Gasteiger partial charge in [0.1, 0.15) is 0 Å². The van der Waals surface area contributed by atoms with Gasteiger partial charge in [-0.3, -0.25) is 14.5 Å². The first-order valence-corrected chi connectivity index (χ1v) is 6.37. The van der Waals surface area contributed by atoms with Crippen molar-refractivity contribution in [3.63, 3.8) is 0 Å². The first kappa shape index (κ1) is 13.3. The maximum Gasteiger partial charge on any atom is 0.225 e. The number of carbonyl (C=O) groups excluding carboxylic acids is 1. The molecule has 0 saturated heterocycles. The smallest absolute Gasteiger partial charge is 0.225 e. The highest BCUT2D eigenvalue weighted by atomic mass is 16.1. The van der Waals surface area contributed by atoms with Crippen LogP contribution in [0.25, 0.3) is 0 Å². The molecule has 19 heavy (non-hydrogen) atoms. The molecular formula is C14H18N4O. The minimum atomic E-state index is -0.00308. The third-order valence-corrected chi connectivity index (χ3v) is 3.05. The van der Waals surface area contributed by atoms with Crippen LogP contribution in [0.5, 0.6) is 0 Å². The molecule has 2 aromatic heterocycles. The lowest BCUT2D eigenvalue weighted by molar-refractivity contribution is -0.121. The lowest BCUT2D eigenvalue weighted by Gasteiger charge is -2.17. The van der Waals surface area contributed by atoms with E-state index in [-0.39, 0.29) is 11.9 Å². The standard InChI is InChI=1S/C14H18N4O/c1-3-12(13-6-8-16-18(13)2)17-14(19)9-11-5-4-7-15-10-11/h4-8,10,12H,3,9H2,1-2H3,(H,17,19). The van der Waals surface area contributed by atoms with Gasteiger partial charge in [0.2, 0.25) is 5.91 Å². The number of nitrogens with one attached hydrogen (secondary N) is 1. The summed E-state index contributed by atoms with van der Waals surface area (Å²) in [7, 11) is 1.88. The van der Waals surface area contributed by atoms with Crippen LogP contribution in [0.4, 0.5) is 0 Å². The van der Waals surface area contributed by atoms with Crippen LogP contribution in [0.3, 0.4) is 0 Å². The van der Waals surface area contributed by atoms with Crippen LogP contribution in [0.15, 0.2) is 36.8 Å². The molecule has 1 unspecified atom stereocenters. The van der Waals surface area contributed by atoms with Crippen LogP contribution in [0, 0.1) is 0 Å². The molecule has 0 aliphatic heterocycles. The van der Waals surface area contributed by atoms with Gasteiger partial charge in [0.15, 0.2) is 0 Å². The van der Waals surface area contributed by atoms with E-state index >= 15 is 0 Å². The van der Waals surface area contributed by atoms with E-state index in [9.17, 15) is 4.79 Å². The second kappa shape index (κ2) is 6.13. The number of hydrogen-bond donors (Lipinski definition) is 1. The minimum Gasteiger partial charge on any atom is -0.347 e. The van der Waals surface area contributed by atoms with Crippen molar-refractivity contribution in [3.8, 4) is 0 Å². The molecule has 0 aromatic carbocycles. The molecule has 0 bridgehead atoms. The molecule has 0 aliphatic carbocycles. The van der Waals surface area contributed by atoms with E-state index in [0.29, 0.717) is 6.42 Å². The van der Waals surface area contributed by atoms with Gasteiger partial charge in [-0.15, -0.1) is 0 Å². The zero-order valence-electron chi connectivity index (χ0n) is 11.2. The Morgan fingerprint density at radius 1 is 1.42 bits per heavy atom. The quantitative estimate of drug-likeness (QED) is 0.886. The van der Waals surface area contributed by atoms with Crippen LogP contribution in [0.1, 0.15) is 30.6 Å². The summed E-state index contributed by atoms with van der Waals surface area (Å²) in [5, 5.41) is 7.16. The molecular weight excluding hydrogens is 240 g/mol. The Bertz CT molecular complexity index is 535. The highest BCUT2D eigenvalue weighted by Gasteiger charge is 2.15. The monoisotopic (exact) mass is 258 g/mol. The number of aryl methyl sites for hydroxylation is 1. The minimum absolute atomic E-state index is 0.000972. The summed E-state index contributed by atoms with van der Waals surface area (Å²) < 4.78 is 1.79. The number of carbonyl (C=O) groups is 1. The largest absolute Gasteiger partial charge is 0.347 e. The molecule has 1 N–H and O–H groups in total. The second-order valence-electron chi connectivity index (χ2n) is 4.45. The van der Waals surface area contributed by atoms with E-state index in [1.807, 2.05) is 32.2 Å². The molecule has 0 spiro atoms. The van der Waals surface area contributed by atoms with Gasteiger partial charge in [0.05, 0.1) is 18.2 Å². The normalized spacial score (nSPS) is 12.1. The average molecular weight is 258 g/mol. The number of amides is 1. The summed E-state index contributed by atoms with van der Waals surface area (Å²) in [6, 6.07) is 5.66. The van der Waals surface area contributed by atoms with E-state index in [4.69, 9.17) is 0 Å². The summed E-state index contributed by atoms with van der Waals surface area (Å²) in [5.74, 6) is 0.000972. The Kier molecular flexibility index (Phi) is 4.28. The fraction of sp³-hybridized carbons (Fsp3) is 0.357. The Labute approximate surface area is 112 Å². The first-order chi connectivity index (χ1) is 9.20. The highest BCUT2D eigenvalue weighted by Crippen LogP contribution is 2.15. The molecule has 1 amide bonds. The molecule has 0 fully saturated rings. The molecule has 5 nitrogen and oxygen atoms in total. The third kappa shape index (κ3) is 3.40. The SMILES string of the molecule is CCC(NC(=O)Cc1cccnc1)c1ccnn1C. The molecule has 2 heterocycles. The van der Waals surface area contributed by atoms with Crippen molar-refractivity contribution in [2.75, 3.05) is 0 Å². The van der Waals surface area contributed by atoms with Crippen molar-refractivity contribution >= 4 is 5.91 Å². The Hall–Kier alpha value is -2.17. The lowest BCUT2D eigenvalue weighted by atomic mass is 10.1. The third-order valence-electron chi connectivity index (χ3n) is 3.05. The van der Waals surface area contributed by atoms with Crippen LogP contribution < -0.4 is 5.32 Å². The number of aromatic nitrogens is 3. The fourth-order valence-corrected chi connectivity index (χ4v) is 2.04. The summed E-state index contributed by atoms with van der Waals surface area (Å²) in [5.41, 5.74) is 1.93. The molecule has 0 radical (unpaired) electrons. The molecule has 0 aliphatic rings. The van der Waals surface area contributed by atoms with Crippen molar-refractivity contribution in [2.24, 2.45) is 7.05 Å². The zero-order chi connectivity index (χ0) is 13.7. The first-order valence-electron chi connectivity index (χ1n) is 6.37. The van der Waals surface area contributed by atoms with Gasteiger partial charge in [-0.2, -0.15) is 5.10 Å². The van der Waals surface area contributed by atoms with Crippen LogP contribution in [-0.2, 0) is 18.3 Å². The van der Waals surface area contributed by atoms with Crippen molar-refractivity contribution in [1.82, 2.24) is 20.1 Å². The predicted octanol–water partition coefficient (Wildman–Crippen LogP) is 1.63. The number of rotatable bonds is 5. The van der Waals surface area contributed by atoms with Gasteiger partial charge in [0, 0.05) is 25.6 Å². The van der Waals surface area contributed by atoms with E-state index in [2.05, 4.69) is 15.4 Å². The number of nitrogens with zero attached hydrogens (tertiary/aromatic N) is 3. The van der Waals surface area contributed by atoms with E-state index in [0.717, 1.165) is 17.7 Å². The van der Waals surface area contributed by atoms with Crippen molar-refractivity contribution in [2.45, 2.75) is 25.8 Å². The van der Waals surface area contributed by atoms with Gasteiger partial charge < -0.3 is 5.32 Å². The Balaban J connectivity index is 1.99. The molecule has 2 rings (SSSR count). The number of hydrogen-bond acceptors (Lipinski definition) is 3. The van der Waals surface area contributed by atoms with Gasteiger partial charge in [-0.1, -0.05) is 13.0 Å². The molecule has 100 valence electrons. The average Bonchev–Trinajstić information content (AvgIpc) is 2.83. The van der Waals surface area contributed by atoms with Crippen molar-refractivity contribution in [1.29, 1.82) is 0 Å². The second-order valence-corrected chi connectivity index (χ2v) is 4.45. The topological polar surface area (TPSA) is 59.8 Å². The zero-order valence-corrected chi connectivity index (χ0v) is 11.2. The summed E-state index contributed by atoms with van der Waals surface area (Å²) in [4.78, 5) is 16.0. The van der Waals surface area contributed by atoms with Crippen molar-refractivity contribution in [3.05, 3.63) is 48.0 Å². The van der Waals surface area contributed by atoms with Crippen LogP contribution in [-0.4, -0.2) is 20.7 Å².